The quantitative estimate of drug-likeness (QED) is 0.519. The minimum Gasteiger partial charge on any atom is -0.481 e. The Morgan fingerprint density at radius 3 is 2.28 bits per heavy atom. The Hall–Kier alpha value is -0.530. The summed E-state index contributed by atoms with van der Waals surface area (Å²) in [5, 5.41) is 9.36. The molecule has 8 unspecified atom stereocenters. The van der Waals surface area contributed by atoms with E-state index in [-0.39, 0.29) is 5.92 Å². The molecule has 0 aromatic carbocycles. The molecule has 4 aliphatic carbocycles. The average Bonchev–Trinajstić information content (AvgIpc) is 3.06. The first kappa shape index (κ1) is 23.1. The second-order valence-corrected chi connectivity index (χ2v) is 11.6. The molecule has 2 nitrogen and oxygen atoms in total. The number of hydrogen-bond donors (Lipinski definition) is 1. The molecule has 4 rings (SSSR count). The van der Waals surface area contributed by atoms with Crippen LogP contribution in [0.3, 0.4) is 0 Å². The second kappa shape index (κ2) is 8.91. The van der Waals surface area contributed by atoms with E-state index in [1.807, 2.05) is 20.8 Å². The van der Waals surface area contributed by atoms with E-state index in [9.17, 15) is 9.90 Å². The maximum absolute atomic E-state index is 11.4. The first-order chi connectivity index (χ1) is 13.8. The summed E-state index contributed by atoms with van der Waals surface area (Å²) in [6, 6.07) is 0. The van der Waals surface area contributed by atoms with E-state index in [4.69, 9.17) is 0 Å². The van der Waals surface area contributed by atoms with Crippen LogP contribution in [0.2, 0.25) is 0 Å². The summed E-state index contributed by atoms with van der Waals surface area (Å²) in [6.07, 6.45) is 15.3. The monoisotopic (exact) mass is 404 g/mol. The van der Waals surface area contributed by atoms with Gasteiger partial charge in [0.15, 0.2) is 0 Å². The molecule has 0 amide bonds. The van der Waals surface area contributed by atoms with E-state index in [0.29, 0.717) is 16.7 Å². The minimum absolute atomic E-state index is 0.199. The van der Waals surface area contributed by atoms with Gasteiger partial charge in [0.05, 0.1) is 5.92 Å². The van der Waals surface area contributed by atoms with Crippen molar-refractivity contribution in [3.8, 4) is 0 Å². The van der Waals surface area contributed by atoms with Crippen LogP contribution in [-0.2, 0) is 4.79 Å². The summed E-state index contributed by atoms with van der Waals surface area (Å²) in [5.41, 5.74) is 1.10. The molecule has 4 fully saturated rings. The van der Waals surface area contributed by atoms with Gasteiger partial charge in [-0.1, -0.05) is 54.4 Å². The summed E-state index contributed by atoms with van der Waals surface area (Å²) in [4.78, 5) is 11.4. The molecule has 29 heavy (non-hydrogen) atoms. The predicted octanol–water partition coefficient (Wildman–Crippen LogP) is 7.81. The Labute approximate surface area is 180 Å². The molecular formula is C27H48O2. The summed E-state index contributed by atoms with van der Waals surface area (Å²) < 4.78 is 0. The molecule has 168 valence electrons. The van der Waals surface area contributed by atoms with Crippen molar-refractivity contribution in [2.24, 2.45) is 52.3 Å². The van der Waals surface area contributed by atoms with Gasteiger partial charge in [0.1, 0.15) is 0 Å². The van der Waals surface area contributed by atoms with Crippen LogP contribution in [0.25, 0.3) is 0 Å². The number of hydrogen-bond acceptors (Lipinski definition) is 1. The van der Waals surface area contributed by atoms with Gasteiger partial charge in [0.2, 0.25) is 0 Å². The van der Waals surface area contributed by atoms with Crippen LogP contribution in [0.1, 0.15) is 112 Å². The highest BCUT2D eigenvalue weighted by Crippen LogP contribution is 2.68. The number of carboxylic acids is 1. The number of aliphatic carboxylic acids is 1. The third kappa shape index (κ3) is 3.91. The van der Waals surface area contributed by atoms with Crippen molar-refractivity contribution in [1.29, 1.82) is 0 Å². The highest BCUT2D eigenvalue weighted by atomic mass is 16.4. The van der Waals surface area contributed by atoms with Gasteiger partial charge in [-0.25, -0.2) is 0 Å². The lowest BCUT2D eigenvalue weighted by molar-refractivity contribution is -0.142. The molecule has 9 atom stereocenters. The molecule has 0 saturated heterocycles. The maximum Gasteiger partial charge on any atom is 0.306 e. The Bertz CT molecular complexity index is 571. The van der Waals surface area contributed by atoms with Crippen molar-refractivity contribution in [2.75, 3.05) is 0 Å². The van der Waals surface area contributed by atoms with E-state index in [1.165, 1.54) is 64.2 Å². The van der Waals surface area contributed by atoms with Gasteiger partial charge in [-0.2, -0.15) is 0 Å². The van der Waals surface area contributed by atoms with Crippen molar-refractivity contribution >= 4 is 5.97 Å². The van der Waals surface area contributed by atoms with Crippen molar-refractivity contribution in [1.82, 2.24) is 0 Å². The fourth-order valence-electron chi connectivity index (χ4n) is 9.09. The lowest BCUT2D eigenvalue weighted by Gasteiger charge is -2.61. The fraction of sp³-hybridized carbons (Fsp3) is 0.963. The summed E-state index contributed by atoms with van der Waals surface area (Å²) >= 11 is 0. The molecule has 4 aliphatic rings. The van der Waals surface area contributed by atoms with E-state index >= 15 is 0 Å². The lowest BCUT2D eigenvalue weighted by Crippen LogP contribution is -2.53. The number of fused-ring (bicyclic) bond motifs is 5. The van der Waals surface area contributed by atoms with Crippen LogP contribution in [0.15, 0.2) is 0 Å². The van der Waals surface area contributed by atoms with Gasteiger partial charge in [-0.3, -0.25) is 4.79 Å². The van der Waals surface area contributed by atoms with Crippen molar-refractivity contribution in [3.63, 3.8) is 0 Å². The van der Waals surface area contributed by atoms with Crippen LogP contribution in [0.4, 0.5) is 0 Å². The van der Waals surface area contributed by atoms with E-state index in [2.05, 4.69) is 20.8 Å². The first-order valence-electron chi connectivity index (χ1n) is 13.0. The van der Waals surface area contributed by atoms with Gasteiger partial charge in [0, 0.05) is 0 Å². The van der Waals surface area contributed by atoms with E-state index in [1.54, 1.807) is 0 Å². The first-order valence-corrected chi connectivity index (χ1v) is 13.0. The normalized spacial score (nSPS) is 45.7. The minimum atomic E-state index is -0.617. The van der Waals surface area contributed by atoms with Crippen LogP contribution in [0.5, 0.6) is 0 Å². The number of carbonyl (C=O) groups is 1. The summed E-state index contributed by atoms with van der Waals surface area (Å²) in [7, 11) is 0. The van der Waals surface area contributed by atoms with Crippen molar-refractivity contribution in [3.05, 3.63) is 0 Å². The molecule has 0 aromatic rings. The van der Waals surface area contributed by atoms with E-state index < -0.39 is 5.97 Å². The third-order valence-corrected chi connectivity index (χ3v) is 10.5. The SMILES string of the molecule is CC.CC(C[C@@H](C)C1CCC2C3CCC4CCCCC4(C)C3CCC21C)C(=O)O. The highest BCUT2D eigenvalue weighted by Gasteiger charge is 2.60. The molecule has 0 aliphatic heterocycles. The molecular weight excluding hydrogens is 356 g/mol. The number of carboxylic acid groups (broad SMARTS) is 1. The van der Waals surface area contributed by atoms with Gasteiger partial charge in [0.25, 0.3) is 0 Å². The van der Waals surface area contributed by atoms with Gasteiger partial charge >= 0.3 is 5.97 Å². The third-order valence-electron chi connectivity index (χ3n) is 10.5. The zero-order valence-electron chi connectivity index (χ0n) is 20.2. The Morgan fingerprint density at radius 1 is 0.897 bits per heavy atom. The van der Waals surface area contributed by atoms with Crippen LogP contribution in [-0.4, -0.2) is 11.1 Å². The van der Waals surface area contributed by atoms with Crippen LogP contribution < -0.4 is 0 Å². The van der Waals surface area contributed by atoms with E-state index in [0.717, 1.165) is 36.0 Å². The smallest absolute Gasteiger partial charge is 0.306 e. The molecule has 0 spiro atoms. The summed E-state index contributed by atoms with van der Waals surface area (Å²) in [6.45, 7) is 13.5. The topological polar surface area (TPSA) is 37.3 Å². The van der Waals surface area contributed by atoms with Crippen LogP contribution in [0, 0.1) is 52.3 Å². The summed E-state index contributed by atoms with van der Waals surface area (Å²) in [5.74, 6) is 4.31. The zero-order valence-corrected chi connectivity index (χ0v) is 20.2. The highest BCUT2D eigenvalue weighted by molar-refractivity contribution is 5.69. The molecule has 0 aromatic heterocycles. The van der Waals surface area contributed by atoms with Crippen molar-refractivity contribution in [2.45, 2.75) is 112 Å². The van der Waals surface area contributed by atoms with Crippen molar-refractivity contribution < 1.29 is 9.90 Å². The standard InChI is InChI=1S/C25H42O2.C2H6/c1-16(15-17(2)23(26)27)20-10-11-21-19-9-8-18-7-5-6-13-24(18,3)22(19)12-14-25(20,21)4;1-2/h16-22H,5-15H2,1-4H3,(H,26,27);1-2H3/t16-,17?,18?,19?,20?,21?,22?,24?,25?;/m1./s1. The Kier molecular flexibility index (Phi) is 7.11. The largest absolute Gasteiger partial charge is 0.481 e. The Balaban J connectivity index is 0.00000117. The average molecular weight is 405 g/mol. The molecule has 0 radical (unpaired) electrons. The molecule has 1 N–H and O–H groups in total. The maximum atomic E-state index is 11.4. The second-order valence-electron chi connectivity index (χ2n) is 11.6. The molecule has 2 heteroatoms. The fourth-order valence-corrected chi connectivity index (χ4v) is 9.09. The predicted molar refractivity (Wildman–Crippen MR) is 122 cm³/mol. The van der Waals surface area contributed by atoms with Gasteiger partial charge in [-0.15, -0.1) is 0 Å². The number of rotatable bonds is 4. The molecule has 4 saturated carbocycles. The zero-order chi connectivity index (χ0) is 21.4. The lowest BCUT2D eigenvalue weighted by atomic mass is 9.44. The Morgan fingerprint density at radius 2 is 1.59 bits per heavy atom. The van der Waals surface area contributed by atoms with Gasteiger partial charge in [-0.05, 0) is 104 Å². The van der Waals surface area contributed by atoms with Crippen LogP contribution >= 0.6 is 0 Å². The van der Waals surface area contributed by atoms with Gasteiger partial charge < -0.3 is 5.11 Å². The molecule has 0 bridgehead atoms. The molecule has 0 heterocycles.